The first-order chi connectivity index (χ1) is 13.7. The van der Waals surface area contributed by atoms with Crippen molar-refractivity contribution in [3.05, 3.63) is 54.6 Å². The number of nitrogens with zero attached hydrogens (tertiary/aromatic N) is 2. The lowest BCUT2D eigenvalue weighted by molar-refractivity contribution is 0.0211. The maximum atomic E-state index is 12.8. The number of aromatic nitrogens is 1. The van der Waals surface area contributed by atoms with Gasteiger partial charge in [0.1, 0.15) is 12.0 Å². The molecule has 3 fully saturated rings. The van der Waals surface area contributed by atoms with Crippen LogP contribution in [0.4, 0.5) is 0 Å². The molecule has 0 aliphatic carbocycles. The number of fused-ring (bicyclic) bond motifs is 3. The Labute approximate surface area is 163 Å². The zero-order valence-corrected chi connectivity index (χ0v) is 15.8. The van der Waals surface area contributed by atoms with E-state index in [1.165, 1.54) is 0 Å². The molecule has 6 rings (SSSR count). The molecule has 3 saturated heterocycles. The molecule has 1 aromatic carbocycles. The Hall–Kier alpha value is -2.86. The summed E-state index contributed by atoms with van der Waals surface area (Å²) in [7, 11) is 0. The fourth-order valence-corrected chi connectivity index (χ4v) is 4.55. The van der Waals surface area contributed by atoms with Crippen LogP contribution in [0.3, 0.4) is 0 Å². The van der Waals surface area contributed by atoms with Crippen molar-refractivity contribution < 1.29 is 13.6 Å². The van der Waals surface area contributed by atoms with Crippen molar-refractivity contribution in [3.63, 3.8) is 0 Å². The van der Waals surface area contributed by atoms with E-state index in [1.54, 1.807) is 18.5 Å². The van der Waals surface area contributed by atoms with Crippen LogP contribution in [-0.4, -0.2) is 41.0 Å². The Morgan fingerprint density at radius 1 is 1.18 bits per heavy atom. The highest BCUT2D eigenvalue weighted by Crippen LogP contribution is 2.32. The predicted molar refractivity (Wildman–Crippen MR) is 105 cm³/mol. The third kappa shape index (κ3) is 3.03. The third-order valence-electron chi connectivity index (χ3n) is 6.13. The molecule has 0 spiro atoms. The Balaban J connectivity index is 1.34. The van der Waals surface area contributed by atoms with Crippen molar-refractivity contribution >= 4 is 5.91 Å². The number of benzene rings is 1. The topological polar surface area (TPSA) is 71.5 Å². The normalized spacial score (nSPS) is 26.3. The van der Waals surface area contributed by atoms with Crippen LogP contribution in [0.2, 0.25) is 0 Å². The summed E-state index contributed by atoms with van der Waals surface area (Å²) in [6.45, 7) is 4.49. The van der Waals surface area contributed by atoms with E-state index in [4.69, 9.17) is 8.83 Å². The van der Waals surface area contributed by atoms with Gasteiger partial charge in [0.05, 0.1) is 6.20 Å². The summed E-state index contributed by atoms with van der Waals surface area (Å²) < 4.78 is 11.2. The number of carbonyl (C=O) groups excluding carboxylic acids is 1. The van der Waals surface area contributed by atoms with E-state index in [2.05, 4.69) is 22.1 Å². The molecule has 1 N–H and O–H groups in total. The van der Waals surface area contributed by atoms with Crippen molar-refractivity contribution in [1.82, 2.24) is 15.2 Å². The van der Waals surface area contributed by atoms with E-state index in [0.29, 0.717) is 29.4 Å². The first-order valence-corrected chi connectivity index (χ1v) is 9.84. The van der Waals surface area contributed by atoms with Gasteiger partial charge in [-0.15, -0.1) is 0 Å². The number of rotatable bonds is 4. The Bertz CT molecular complexity index is 969. The molecule has 5 heterocycles. The average Bonchev–Trinajstić information content (AvgIpc) is 3.43. The summed E-state index contributed by atoms with van der Waals surface area (Å²) in [4.78, 5) is 19.4. The van der Waals surface area contributed by atoms with E-state index in [0.717, 1.165) is 37.1 Å². The minimum atomic E-state index is -0.138. The zero-order chi connectivity index (χ0) is 19.1. The molecule has 0 radical (unpaired) electrons. The molecular formula is C22H23N3O3. The number of oxazole rings is 1. The van der Waals surface area contributed by atoms with Gasteiger partial charge in [-0.05, 0) is 63.0 Å². The number of nitrogens with one attached hydrogen (secondary N) is 1. The van der Waals surface area contributed by atoms with Crippen LogP contribution in [0.5, 0.6) is 0 Å². The van der Waals surface area contributed by atoms with Crippen LogP contribution >= 0.6 is 0 Å². The summed E-state index contributed by atoms with van der Waals surface area (Å²) >= 11 is 0. The summed E-state index contributed by atoms with van der Waals surface area (Å²) in [6.07, 6.45) is 5.48. The number of hydrogen-bond donors (Lipinski definition) is 1. The van der Waals surface area contributed by atoms with Crippen LogP contribution in [0, 0.1) is 5.92 Å². The van der Waals surface area contributed by atoms with E-state index >= 15 is 0 Å². The van der Waals surface area contributed by atoms with Crippen molar-refractivity contribution in [2.75, 3.05) is 13.1 Å². The largest absolute Gasteiger partial charge is 0.451 e. The first-order valence-electron chi connectivity index (χ1n) is 9.84. The van der Waals surface area contributed by atoms with E-state index < -0.39 is 0 Å². The molecule has 28 heavy (non-hydrogen) atoms. The van der Waals surface area contributed by atoms with Gasteiger partial charge in [-0.3, -0.25) is 9.69 Å². The fraction of sp³-hybridized carbons (Fsp3) is 0.364. The lowest BCUT2D eigenvalue weighted by Crippen LogP contribution is -2.62. The van der Waals surface area contributed by atoms with Crippen LogP contribution in [0.25, 0.3) is 22.8 Å². The molecular weight excluding hydrogens is 354 g/mol. The number of amides is 1. The zero-order valence-electron chi connectivity index (χ0n) is 15.8. The maximum absolute atomic E-state index is 12.8. The highest BCUT2D eigenvalue weighted by atomic mass is 16.4. The lowest BCUT2D eigenvalue weighted by Gasteiger charge is -2.49. The van der Waals surface area contributed by atoms with Gasteiger partial charge in [-0.25, -0.2) is 4.98 Å². The van der Waals surface area contributed by atoms with E-state index in [-0.39, 0.29) is 11.9 Å². The molecule has 3 aliphatic heterocycles. The van der Waals surface area contributed by atoms with Crippen molar-refractivity contribution in [3.8, 4) is 22.8 Å². The Morgan fingerprint density at radius 2 is 2.00 bits per heavy atom. The third-order valence-corrected chi connectivity index (χ3v) is 6.13. The molecule has 2 unspecified atom stereocenters. The fourth-order valence-electron chi connectivity index (χ4n) is 4.55. The standard InChI is InChI=1S/C22H23N3O3/c1-14-20(15-7-10-25(14)11-8-15)24-21(26)19-6-5-18(28-19)16-3-2-4-17(13-16)22-23-9-12-27-22/h2-6,9,12-15,20H,7-8,10-11H2,1H3,(H,24,26). The molecule has 6 nitrogen and oxygen atoms in total. The van der Waals surface area contributed by atoms with Gasteiger partial charge in [0.25, 0.3) is 5.91 Å². The van der Waals surface area contributed by atoms with Crippen LogP contribution in [0.1, 0.15) is 30.3 Å². The molecule has 6 heteroatoms. The van der Waals surface area contributed by atoms with Crippen molar-refractivity contribution in [2.24, 2.45) is 5.92 Å². The summed E-state index contributed by atoms with van der Waals surface area (Å²) in [5, 5.41) is 3.22. The van der Waals surface area contributed by atoms with Crippen molar-refractivity contribution in [2.45, 2.75) is 31.8 Å². The molecule has 2 aromatic heterocycles. The summed E-state index contributed by atoms with van der Waals surface area (Å²) in [5.41, 5.74) is 1.75. The molecule has 0 saturated carbocycles. The lowest BCUT2D eigenvalue weighted by atomic mass is 9.79. The van der Waals surface area contributed by atoms with Gasteiger partial charge in [0.15, 0.2) is 5.76 Å². The maximum Gasteiger partial charge on any atom is 0.287 e. The quantitative estimate of drug-likeness (QED) is 0.748. The molecule has 1 amide bonds. The van der Waals surface area contributed by atoms with Gasteiger partial charge in [-0.2, -0.15) is 0 Å². The SMILES string of the molecule is CC1C(NC(=O)c2ccc(-c3cccc(-c4ncco4)c3)o2)C2CCN1CC2. The first kappa shape index (κ1) is 17.3. The van der Waals surface area contributed by atoms with Gasteiger partial charge in [-0.1, -0.05) is 12.1 Å². The molecule has 3 aliphatic rings. The second-order valence-electron chi connectivity index (χ2n) is 7.70. The minimum absolute atomic E-state index is 0.138. The molecule has 2 atom stereocenters. The Kier molecular flexibility index (Phi) is 4.28. The summed E-state index contributed by atoms with van der Waals surface area (Å²) in [5.74, 6) is 1.99. The highest BCUT2D eigenvalue weighted by molar-refractivity contribution is 5.92. The molecule has 144 valence electrons. The minimum Gasteiger partial charge on any atom is -0.451 e. The van der Waals surface area contributed by atoms with Gasteiger partial charge in [0.2, 0.25) is 5.89 Å². The van der Waals surface area contributed by atoms with E-state index in [1.807, 2.05) is 30.3 Å². The summed E-state index contributed by atoms with van der Waals surface area (Å²) in [6, 6.07) is 11.9. The monoisotopic (exact) mass is 377 g/mol. The highest BCUT2D eigenvalue weighted by Gasteiger charge is 2.40. The van der Waals surface area contributed by atoms with Gasteiger partial charge in [0, 0.05) is 23.2 Å². The predicted octanol–water partition coefficient (Wildman–Crippen LogP) is 3.81. The number of carbonyl (C=O) groups is 1. The van der Waals surface area contributed by atoms with Gasteiger partial charge < -0.3 is 14.2 Å². The van der Waals surface area contributed by atoms with Crippen LogP contribution in [-0.2, 0) is 0 Å². The van der Waals surface area contributed by atoms with Crippen molar-refractivity contribution in [1.29, 1.82) is 0 Å². The second-order valence-corrected chi connectivity index (χ2v) is 7.70. The Morgan fingerprint density at radius 3 is 2.75 bits per heavy atom. The van der Waals surface area contributed by atoms with Crippen LogP contribution in [0.15, 0.2) is 57.7 Å². The molecule has 2 bridgehead atoms. The van der Waals surface area contributed by atoms with Crippen LogP contribution < -0.4 is 5.32 Å². The average molecular weight is 377 g/mol. The number of piperidine rings is 3. The number of furan rings is 1. The smallest absolute Gasteiger partial charge is 0.287 e. The van der Waals surface area contributed by atoms with E-state index in [9.17, 15) is 4.79 Å². The number of hydrogen-bond acceptors (Lipinski definition) is 5. The van der Waals surface area contributed by atoms with Gasteiger partial charge >= 0.3 is 0 Å². The second kappa shape index (κ2) is 6.95. The molecule has 3 aromatic rings.